The monoisotopic (exact) mass is 516 g/mol. The van der Waals surface area contributed by atoms with E-state index in [1.807, 2.05) is 0 Å². The second-order valence-corrected chi connectivity index (χ2v) is 9.69. The maximum Gasteiger partial charge on any atom is 0.272 e. The van der Waals surface area contributed by atoms with Crippen molar-refractivity contribution >= 4 is 32.5 Å². The minimum absolute atomic E-state index is 0.0127. The van der Waals surface area contributed by atoms with Crippen LogP contribution in [0.5, 0.6) is 11.5 Å². The number of amides is 1. The smallest absolute Gasteiger partial charge is 0.272 e. The number of hydrogen-bond donors (Lipinski definition) is 1. The van der Waals surface area contributed by atoms with Crippen LogP contribution in [0.3, 0.4) is 0 Å². The van der Waals surface area contributed by atoms with Gasteiger partial charge in [0.2, 0.25) is 0 Å². The van der Waals surface area contributed by atoms with Crippen LogP contribution >= 0.6 is 0 Å². The van der Waals surface area contributed by atoms with Gasteiger partial charge in [-0.05, 0) is 36.4 Å². The summed E-state index contributed by atoms with van der Waals surface area (Å²) in [4.78, 5) is 22.1. The fraction of sp³-hybridized carbons (Fsp3) is 0.148. The molecule has 0 atom stereocenters. The first kappa shape index (κ1) is 25.5. The first-order valence-electron chi connectivity index (χ1n) is 11.1. The highest BCUT2D eigenvalue weighted by atomic mass is 32.2. The van der Waals surface area contributed by atoms with Gasteiger partial charge in [-0.2, -0.15) is 0 Å². The third kappa shape index (κ3) is 5.32. The minimum atomic E-state index is -4.02. The largest absolute Gasteiger partial charge is 0.496 e. The van der Waals surface area contributed by atoms with Crippen LogP contribution in [0, 0.1) is 11.8 Å². The number of carbonyl (C=O) groups is 1. The van der Waals surface area contributed by atoms with E-state index in [0.717, 1.165) is 0 Å². The second-order valence-electron chi connectivity index (χ2n) is 8.04. The molecule has 4 aromatic rings. The van der Waals surface area contributed by atoms with E-state index in [2.05, 4.69) is 26.5 Å². The minimum Gasteiger partial charge on any atom is -0.496 e. The van der Waals surface area contributed by atoms with Gasteiger partial charge in [0.05, 0.1) is 31.0 Å². The van der Waals surface area contributed by atoms with Gasteiger partial charge < -0.3 is 14.4 Å². The van der Waals surface area contributed by atoms with Crippen molar-refractivity contribution in [3.8, 4) is 23.3 Å². The Morgan fingerprint density at radius 3 is 2.38 bits per heavy atom. The number of sulfonamides is 1. The Morgan fingerprint density at radius 2 is 1.65 bits per heavy atom. The molecule has 0 saturated carbocycles. The summed E-state index contributed by atoms with van der Waals surface area (Å²) in [5, 5.41) is 0.580. The van der Waals surface area contributed by atoms with E-state index in [1.165, 1.54) is 43.6 Å². The van der Waals surface area contributed by atoms with Gasteiger partial charge in [-0.1, -0.05) is 24.0 Å². The summed E-state index contributed by atoms with van der Waals surface area (Å²) in [6, 6.07) is 14.8. The highest BCUT2D eigenvalue weighted by Gasteiger charge is 2.21. The lowest BCUT2D eigenvalue weighted by Gasteiger charge is -2.13. The van der Waals surface area contributed by atoms with E-state index in [9.17, 15) is 13.2 Å². The van der Waals surface area contributed by atoms with E-state index in [-0.39, 0.29) is 16.5 Å². The molecule has 2 heterocycles. The van der Waals surface area contributed by atoms with Crippen molar-refractivity contribution in [1.82, 2.24) is 14.9 Å². The normalized spacial score (nSPS) is 10.8. The topological polar surface area (TPSA) is 111 Å². The molecule has 0 unspecified atom stereocenters. The molecule has 0 bridgehead atoms. The Labute approximate surface area is 215 Å². The van der Waals surface area contributed by atoms with E-state index < -0.39 is 10.0 Å². The molecule has 10 heteroatoms. The Kier molecular flexibility index (Phi) is 7.27. The average Bonchev–Trinajstić information content (AvgIpc) is 2.91. The van der Waals surface area contributed by atoms with Crippen LogP contribution < -0.4 is 14.2 Å². The predicted octanol–water partition coefficient (Wildman–Crippen LogP) is 3.55. The maximum absolute atomic E-state index is 13.4. The number of carbonyl (C=O) groups excluding carboxylic acids is 1. The van der Waals surface area contributed by atoms with Gasteiger partial charge in [0.1, 0.15) is 22.1 Å². The number of rotatable bonds is 6. The summed E-state index contributed by atoms with van der Waals surface area (Å²) in [5.41, 5.74) is 1.69. The predicted molar refractivity (Wildman–Crippen MR) is 140 cm³/mol. The summed E-state index contributed by atoms with van der Waals surface area (Å²) in [7, 11) is 2.23. The highest BCUT2D eigenvalue weighted by Crippen LogP contribution is 2.31. The van der Waals surface area contributed by atoms with Crippen molar-refractivity contribution < 1.29 is 22.7 Å². The molecule has 9 nitrogen and oxygen atoms in total. The quantitative estimate of drug-likeness (QED) is 0.390. The third-order valence-electron chi connectivity index (χ3n) is 5.42. The van der Waals surface area contributed by atoms with Crippen molar-refractivity contribution in [1.29, 1.82) is 0 Å². The van der Waals surface area contributed by atoms with Crippen molar-refractivity contribution in [3.63, 3.8) is 0 Å². The molecule has 188 valence electrons. The second kappa shape index (κ2) is 10.6. The van der Waals surface area contributed by atoms with E-state index in [1.54, 1.807) is 56.6 Å². The number of benzene rings is 2. The highest BCUT2D eigenvalue weighted by molar-refractivity contribution is 7.93. The molecule has 1 N–H and O–H groups in total. The fourth-order valence-electron chi connectivity index (χ4n) is 3.58. The number of nitrogens with one attached hydrogen (secondary N) is 1. The molecule has 0 aliphatic rings. The fourth-order valence-corrected chi connectivity index (χ4v) is 4.82. The van der Waals surface area contributed by atoms with E-state index >= 15 is 0 Å². The van der Waals surface area contributed by atoms with Crippen LogP contribution in [0.15, 0.2) is 71.9 Å². The van der Waals surface area contributed by atoms with E-state index in [4.69, 9.17) is 9.47 Å². The summed E-state index contributed by atoms with van der Waals surface area (Å²) >= 11 is 0. The van der Waals surface area contributed by atoms with Crippen LogP contribution in [0.2, 0.25) is 0 Å². The number of aromatic nitrogens is 2. The number of hydrogen-bond acceptors (Lipinski definition) is 7. The Balaban J connectivity index is 1.70. The zero-order valence-electron chi connectivity index (χ0n) is 20.6. The van der Waals surface area contributed by atoms with Gasteiger partial charge >= 0.3 is 0 Å². The summed E-state index contributed by atoms with van der Waals surface area (Å²) in [6.07, 6.45) is 2.98. The van der Waals surface area contributed by atoms with Gasteiger partial charge in [-0.3, -0.25) is 14.5 Å². The van der Waals surface area contributed by atoms with Crippen molar-refractivity contribution in [3.05, 3.63) is 83.8 Å². The molecule has 37 heavy (non-hydrogen) atoms. The molecule has 0 fully saturated rings. The van der Waals surface area contributed by atoms with Crippen molar-refractivity contribution in [2.24, 2.45) is 0 Å². The number of nitrogens with zero attached hydrogens (tertiary/aromatic N) is 3. The van der Waals surface area contributed by atoms with Crippen molar-refractivity contribution in [2.45, 2.75) is 4.90 Å². The lowest BCUT2D eigenvalue weighted by Crippen LogP contribution is -2.22. The molecule has 0 aliphatic heterocycles. The van der Waals surface area contributed by atoms with Gasteiger partial charge in [-0.15, -0.1) is 0 Å². The summed E-state index contributed by atoms with van der Waals surface area (Å²) in [5.74, 6) is 6.57. The number of anilines is 1. The molecule has 0 aliphatic carbocycles. The van der Waals surface area contributed by atoms with Crippen LogP contribution in [-0.4, -0.2) is 57.5 Å². The molecule has 0 radical (unpaired) electrons. The number of para-hydroxylation sites is 1. The van der Waals surface area contributed by atoms with Crippen LogP contribution in [0.4, 0.5) is 5.69 Å². The van der Waals surface area contributed by atoms with Gasteiger partial charge in [0.25, 0.3) is 15.9 Å². The molecular weight excluding hydrogens is 492 g/mol. The number of methoxy groups -OCH3 is 2. The van der Waals surface area contributed by atoms with Crippen LogP contribution in [0.1, 0.15) is 21.6 Å². The summed E-state index contributed by atoms with van der Waals surface area (Å²) < 4.78 is 40.1. The zero-order valence-corrected chi connectivity index (χ0v) is 21.5. The Hall–Kier alpha value is -4.62. The average molecular weight is 517 g/mol. The molecule has 2 aromatic heterocycles. The van der Waals surface area contributed by atoms with Crippen LogP contribution in [0.25, 0.3) is 10.9 Å². The van der Waals surface area contributed by atoms with Gasteiger partial charge in [0.15, 0.2) is 0 Å². The Bertz CT molecular complexity index is 1660. The third-order valence-corrected chi connectivity index (χ3v) is 6.81. The SMILES string of the molecule is COc1cc(C(=O)N(C)C)ncc1C#Cc1ccccc1NS(=O)(=O)c1ccc(OC)c2cccnc12. The lowest BCUT2D eigenvalue weighted by atomic mass is 10.1. The van der Waals surface area contributed by atoms with Gasteiger partial charge in [0, 0.05) is 43.5 Å². The Morgan fingerprint density at radius 1 is 0.919 bits per heavy atom. The standard InChI is InChI=1S/C27H24N4O5S/c1-31(2)27(32)22-16-24(36-4)19(17-29-22)12-11-18-8-5-6-10-21(18)30-37(33,34)25-14-13-23(35-3)20-9-7-15-28-26(20)25/h5-10,13-17,30H,1-4H3. The molecule has 0 saturated heterocycles. The molecule has 2 aromatic carbocycles. The summed E-state index contributed by atoms with van der Waals surface area (Å²) in [6.45, 7) is 0. The first-order valence-corrected chi connectivity index (χ1v) is 12.5. The van der Waals surface area contributed by atoms with E-state index in [0.29, 0.717) is 39.2 Å². The molecule has 0 spiro atoms. The molecule has 1 amide bonds. The lowest BCUT2D eigenvalue weighted by molar-refractivity contribution is 0.0821. The maximum atomic E-state index is 13.4. The number of ether oxygens (including phenoxy) is 2. The number of pyridine rings is 2. The van der Waals surface area contributed by atoms with Gasteiger partial charge in [-0.25, -0.2) is 13.4 Å². The molecule has 4 rings (SSSR count). The van der Waals surface area contributed by atoms with Crippen molar-refractivity contribution in [2.75, 3.05) is 33.0 Å². The molecular formula is C27H24N4O5S. The first-order chi connectivity index (χ1) is 17.7. The zero-order chi connectivity index (χ0) is 26.6. The van der Waals surface area contributed by atoms with Crippen LogP contribution in [-0.2, 0) is 10.0 Å². The number of fused-ring (bicyclic) bond motifs is 1.